The smallest absolute Gasteiger partial charge is 0.215 e. The Hall–Kier alpha value is -0.0900. The lowest BCUT2D eigenvalue weighted by atomic mass is 10.0. The molecule has 0 radical (unpaired) electrons. The molecule has 0 bridgehead atoms. The van der Waals surface area contributed by atoms with Crippen LogP contribution in [0.25, 0.3) is 0 Å². The zero-order chi connectivity index (χ0) is 17.0. The van der Waals surface area contributed by atoms with Gasteiger partial charge in [-0.25, -0.2) is 12.7 Å². The van der Waals surface area contributed by atoms with Crippen molar-refractivity contribution in [2.75, 3.05) is 38.5 Å². The molecule has 0 saturated heterocycles. The fourth-order valence-corrected chi connectivity index (χ4v) is 3.56. The molecule has 0 saturated carbocycles. The summed E-state index contributed by atoms with van der Waals surface area (Å²) in [6.07, 6.45) is 2.21. The molecule has 140 valence electrons. The van der Waals surface area contributed by atoms with Gasteiger partial charge in [-0.2, -0.15) is 0 Å². The Morgan fingerprint density at radius 3 is 2.04 bits per heavy atom. The van der Waals surface area contributed by atoms with E-state index in [2.05, 4.69) is 29.5 Å². The number of halogens is 1. The largest absolute Gasteiger partial charge is 0.357 e. The highest BCUT2D eigenvalue weighted by Crippen LogP contribution is 2.07. The molecule has 0 aromatic heterocycles. The van der Waals surface area contributed by atoms with Crippen LogP contribution in [0.4, 0.5) is 0 Å². The van der Waals surface area contributed by atoms with E-state index in [9.17, 15) is 8.42 Å². The number of nitrogens with zero attached hydrogens (tertiary/aromatic N) is 2. The first-order valence-electron chi connectivity index (χ1n) is 8.44. The molecule has 0 unspecified atom stereocenters. The third-order valence-corrected chi connectivity index (χ3v) is 5.78. The number of rotatable bonds is 11. The van der Waals surface area contributed by atoms with Gasteiger partial charge >= 0.3 is 0 Å². The Labute approximate surface area is 160 Å². The van der Waals surface area contributed by atoms with Gasteiger partial charge < -0.3 is 10.6 Å². The van der Waals surface area contributed by atoms with Gasteiger partial charge in [0.25, 0.3) is 0 Å². The zero-order valence-electron chi connectivity index (χ0n) is 15.3. The van der Waals surface area contributed by atoms with Crippen molar-refractivity contribution >= 4 is 40.0 Å². The minimum Gasteiger partial charge on any atom is -0.357 e. The van der Waals surface area contributed by atoms with Crippen molar-refractivity contribution in [1.29, 1.82) is 0 Å². The third-order valence-electron chi connectivity index (χ3n) is 3.76. The molecule has 6 nitrogen and oxygen atoms in total. The summed E-state index contributed by atoms with van der Waals surface area (Å²) >= 11 is 0. The lowest BCUT2D eigenvalue weighted by molar-refractivity contribution is 0.445. The summed E-state index contributed by atoms with van der Waals surface area (Å²) in [4.78, 5) is 4.55. The first kappa shape index (κ1) is 25.2. The Balaban J connectivity index is 0. The monoisotopic (exact) mass is 462 g/mol. The Kier molecular flexibility index (Phi) is 15.6. The summed E-state index contributed by atoms with van der Waals surface area (Å²) in [5.41, 5.74) is 0. The summed E-state index contributed by atoms with van der Waals surface area (Å²) < 4.78 is 25.7. The first-order valence-corrected chi connectivity index (χ1v) is 10.1. The van der Waals surface area contributed by atoms with E-state index in [0.717, 1.165) is 25.9 Å². The second-order valence-corrected chi connectivity index (χ2v) is 7.32. The van der Waals surface area contributed by atoms with E-state index in [1.165, 1.54) is 4.31 Å². The van der Waals surface area contributed by atoms with Gasteiger partial charge in [-0.15, -0.1) is 24.0 Å². The number of guanidine groups is 1. The van der Waals surface area contributed by atoms with Crippen LogP contribution >= 0.6 is 24.0 Å². The Morgan fingerprint density at radius 2 is 1.61 bits per heavy atom. The van der Waals surface area contributed by atoms with Crippen LogP contribution in [0.3, 0.4) is 0 Å². The molecule has 0 aliphatic heterocycles. The summed E-state index contributed by atoms with van der Waals surface area (Å²) in [5.74, 6) is 1.36. The van der Waals surface area contributed by atoms with Gasteiger partial charge in [-0.1, -0.05) is 40.5 Å². The standard InChI is InChI=1S/C15H34N4O2S.HI/c1-6-14(7-2)13-18-15(16-8-3)17-11-12-22(20,21)19(9-4)10-5;/h14H,6-13H2,1-5H3,(H2,16,17,18);1H. The maximum Gasteiger partial charge on any atom is 0.215 e. The maximum absolute atomic E-state index is 12.1. The fraction of sp³-hybridized carbons (Fsp3) is 0.933. The van der Waals surface area contributed by atoms with Crippen LogP contribution in [0.1, 0.15) is 47.5 Å². The molecule has 23 heavy (non-hydrogen) atoms. The molecule has 2 N–H and O–H groups in total. The normalized spacial score (nSPS) is 12.4. The molecule has 0 aromatic rings. The van der Waals surface area contributed by atoms with Crippen molar-refractivity contribution in [1.82, 2.24) is 14.9 Å². The third kappa shape index (κ3) is 10.4. The van der Waals surface area contributed by atoms with Crippen molar-refractivity contribution < 1.29 is 8.42 Å². The predicted octanol–water partition coefficient (Wildman–Crippen LogP) is 2.27. The highest BCUT2D eigenvalue weighted by Gasteiger charge is 2.18. The van der Waals surface area contributed by atoms with Gasteiger partial charge in [0, 0.05) is 32.7 Å². The molecule has 0 atom stereocenters. The van der Waals surface area contributed by atoms with E-state index in [1.807, 2.05) is 20.8 Å². The van der Waals surface area contributed by atoms with Gasteiger partial charge in [-0.05, 0) is 12.8 Å². The summed E-state index contributed by atoms with van der Waals surface area (Å²) in [7, 11) is -3.19. The molecule has 0 aliphatic rings. The van der Waals surface area contributed by atoms with Crippen LogP contribution in [0, 0.1) is 5.92 Å². The van der Waals surface area contributed by atoms with Crippen LogP contribution in [-0.2, 0) is 10.0 Å². The van der Waals surface area contributed by atoms with Crippen LogP contribution in [0.5, 0.6) is 0 Å². The topological polar surface area (TPSA) is 73.8 Å². The van der Waals surface area contributed by atoms with E-state index in [0.29, 0.717) is 31.5 Å². The molecular weight excluding hydrogens is 427 g/mol. The summed E-state index contributed by atoms with van der Waals surface area (Å²) in [5, 5.41) is 6.28. The molecule has 0 aromatic carbocycles. The van der Waals surface area contributed by atoms with Gasteiger partial charge in [0.05, 0.1) is 5.75 Å². The summed E-state index contributed by atoms with van der Waals surface area (Å²) in [6, 6.07) is 0. The van der Waals surface area contributed by atoms with E-state index < -0.39 is 10.0 Å². The molecular formula is C15H35IN4O2S. The first-order chi connectivity index (χ1) is 10.4. The lowest BCUT2D eigenvalue weighted by Crippen LogP contribution is -2.42. The number of nitrogens with one attached hydrogen (secondary N) is 2. The number of aliphatic imine (C=N–C) groups is 1. The zero-order valence-corrected chi connectivity index (χ0v) is 18.4. The second kappa shape index (κ2) is 14.3. The van der Waals surface area contributed by atoms with Crippen LogP contribution < -0.4 is 10.6 Å². The van der Waals surface area contributed by atoms with Crippen LogP contribution in [0.2, 0.25) is 0 Å². The van der Waals surface area contributed by atoms with E-state index in [1.54, 1.807) is 0 Å². The molecule has 0 heterocycles. The van der Waals surface area contributed by atoms with Crippen molar-refractivity contribution in [2.45, 2.75) is 47.5 Å². The molecule has 0 aliphatic carbocycles. The SMILES string of the molecule is CCNC(=NCC(CC)CC)NCCS(=O)(=O)N(CC)CC.I. The Bertz CT molecular complexity index is 408. The van der Waals surface area contributed by atoms with Crippen molar-refractivity contribution in [3.8, 4) is 0 Å². The maximum atomic E-state index is 12.1. The van der Waals surface area contributed by atoms with Crippen molar-refractivity contribution in [2.24, 2.45) is 10.9 Å². The van der Waals surface area contributed by atoms with E-state index in [-0.39, 0.29) is 29.7 Å². The molecule has 0 rings (SSSR count). The average Bonchev–Trinajstić information content (AvgIpc) is 2.48. The number of hydrogen-bond donors (Lipinski definition) is 2. The Morgan fingerprint density at radius 1 is 1.04 bits per heavy atom. The van der Waals surface area contributed by atoms with Gasteiger partial charge in [-0.3, -0.25) is 4.99 Å². The van der Waals surface area contributed by atoms with Gasteiger partial charge in [0.15, 0.2) is 5.96 Å². The van der Waals surface area contributed by atoms with Crippen molar-refractivity contribution in [3.63, 3.8) is 0 Å². The predicted molar refractivity (Wildman–Crippen MR) is 110 cm³/mol. The number of hydrogen-bond acceptors (Lipinski definition) is 3. The molecule has 0 amide bonds. The van der Waals surface area contributed by atoms with Gasteiger partial charge in [0.1, 0.15) is 0 Å². The minimum absolute atomic E-state index is 0. The number of sulfonamides is 1. The van der Waals surface area contributed by atoms with E-state index >= 15 is 0 Å². The quantitative estimate of drug-likeness (QED) is 0.281. The fourth-order valence-electron chi connectivity index (χ4n) is 2.15. The lowest BCUT2D eigenvalue weighted by Gasteiger charge is -2.19. The molecule has 8 heteroatoms. The average molecular weight is 462 g/mol. The van der Waals surface area contributed by atoms with E-state index in [4.69, 9.17) is 0 Å². The summed E-state index contributed by atoms with van der Waals surface area (Å²) in [6.45, 7) is 13.0. The van der Waals surface area contributed by atoms with Crippen LogP contribution in [-0.4, -0.2) is 57.2 Å². The molecule has 0 spiro atoms. The minimum atomic E-state index is -3.19. The van der Waals surface area contributed by atoms with Crippen LogP contribution in [0.15, 0.2) is 4.99 Å². The highest BCUT2D eigenvalue weighted by atomic mass is 127. The molecule has 0 fully saturated rings. The van der Waals surface area contributed by atoms with Gasteiger partial charge in [0.2, 0.25) is 10.0 Å². The highest BCUT2D eigenvalue weighted by molar-refractivity contribution is 14.0. The second-order valence-electron chi connectivity index (χ2n) is 5.23. The van der Waals surface area contributed by atoms with Crippen molar-refractivity contribution in [3.05, 3.63) is 0 Å².